The molecular formula is C17H25FN2O. The summed E-state index contributed by atoms with van der Waals surface area (Å²) in [5, 5.41) is 3.63. The first-order valence-corrected chi connectivity index (χ1v) is 8.04. The Balaban J connectivity index is 1.56. The van der Waals surface area contributed by atoms with Gasteiger partial charge in [-0.15, -0.1) is 0 Å². The molecule has 0 spiro atoms. The zero-order valence-corrected chi connectivity index (χ0v) is 12.8. The minimum atomic E-state index is -0.184. The first kappa shape index (κ1) is 14.8. The molecule has 2 aliphatic heterocycles. The maximum Gasteiger partial charge on any atom is 0.123 e. The topological polar surface area (TPSA) is 24.5 Å². The van der Waals surface area contributed by atoms with E-state index >= 15 is 0 Å². The van der Waals surface area contributed by atoms with Crippen LogP contribution in [0, 0.1) is 11.7 Å². The molecule has 0 bridgehead atoms. The van der Waals surface area contributed by atoms with Gasteiger partial charge in [-0.05, 0) is 69.4 Å². The van der Waals surface area contributed by atoms with E-state index in [1.54, 1.807) is 19.2 Å². The number of ether oxygens (including phenoxy) is 1. The zero-order chi connectivity index (χ0) is 14.7. The van der Waals surface area contributed by atoms with Gasteiger partial charge in [-0.3, -0.25) is 4.90 Å². The van der Waals surface area contributed by atoms with Crippen molar-refractivity contribution in [1.29, 1.82) is 0 Å². The Morgan fingerprint density at radius 1 is 1.29 bits per heavy atom. The molecule has 4 heteroatoms. The van der Waals surface area contributed by atoms with Gasteiger partial charge in [-0.1, -0.05) is 0 Å². The van der Waals surface area contributed by atoms with Crippen LogP contribution in [0.5, 0.6) is 5.75 Å². The first-order valence-electron chi connectivity index (χ1n) is 8.04. The Kier molecular flexibility index (Phi) is 4.76. The lowest BCUT2D eigenvalue weighted by Crippen LogP contribution is -2.40. The number of likely N-dealkylation sites (tertiary alicyclic amines) is 1. The third kappa shape index (κ3) is 3.55. The summed E-state index contributed by atoms with van der Waals surface area (Å²) in [5.74, 6) is 1.42. The van der Waals surface area contributed by atoms with Crippen molar-refractivity contribution in [3.63, 3.8) is 0 Å². The van der Waals surface area contributed by atoms with Gasteiger partial charge in [0.05, 0.1) is 7.11 Å². The van der Waals surface area contributed by atoms with Gasteiger partial charge in [0.15, 0.2) is 0 Å². The van der Waals surface area contributed by atoms with Crippen LogP contribution in [0.25, 0.3) is 0 Å². The van der Waals surface area contributed by atoms with Crippen LogP contribution in [0.1, 0.15) is 31.2 Å². The molecule has 0 aromatic heterocycles. The van der Waals surface area contributed by atoms with E-state index in [9.17, 15) is 4.39 Å². The summed E-state index contributed by atoms with van der Waals surface area (Å²) in [6, 6.07) is 5.51. The number of benzene rings is 1. The van der Waals surface area contributed by atoms with Gasteiger partial charge in [0, 0.05) is 18.2 Å². The van der Waals surface area contributed by atoms with Gasteiger partial charge in [-0.25, -0.2) is 4.39 Å². The molecule has 1 aromatic rings. The van der Waals surface area contributed by atoms with Gasteiger partial charge in [0.1, 0.15) is 11.6 Å². The maximum absolute atomic E-state index is 13.4. The van der Waals surface area contributed by atoms with Crippen LogP contribution in [-0.2, 0) is 6.54 Å². The number of rotatable bonds is 4. The average Bonchev–Trinajstić information content (AvgIpc) is 3.03. The van der Waals surface area contributed by atoms with Gasteiger partial charge < -0.3 is 10.1 Å². The van der Waals surface area contributed by atoms with Crippen molar-refractivity contribution in [2.24, 2.45) is 5.92 Å². The molecule has 1 N–H and O–H groups in total. The number of nitrogens with zero attached hydrogens (tertiary/aromatic N) is 1. The maximum atomic E-state index is 13.4. The summed E-state index contributed by atoms with van der Waals surface area (Å²) < 4.78 is 18.8. The molecule has 0 saturated carbocycles. The molecule has 3 rings (SSSR count). The first-order chi connectivity index (χ1) is 10.3. The molecule has 2 heterocycles. The van der Waals surface area contributed by atoms with Gasteiger partial charge in [0.2, 0.25) is 0 Å². The highest BCUT2D eigenvalue weighted by Crippen LogP contribution is 2.28. The fraction of sp³-hybridized carbons (Fsp3) is 0.647. The fourth-order valence-electron chi connectivity index (χ4n) is 3.74. The van der Waals surface area contributed by atoms with Gasteiger partial charge in [0.25, 0.3) is 0 Å². The minimum absolute atomic E-state index is 0.184. The van der Waals surface area contributed by atoms with Crippen LogP contribution in [0.2, 0.25) is 0 Å². The Morgan fingerprint density at radius 3 is 2.76 bits per heavy atom. The fourth-order valence-corrected chi connectivity index (χ4v) is 3.74. The van der Waals surface area contributed by atoms with Gasteiger partial charge >= 0.3 is 0 Å². The van der Waals surface area contributed by atoms with Crippen molar-refractivity contribution in [3.8, 4) is 5.75 Å². The Labute approximate surface area is 126 Å². The van der Waals surface area contributed by atoms with E-state index in [0.717, 1.165) is 42.9 Å². The van der Waals surface area contributed by atoms with Gasteiger partial charge in [-0.2, -0.15) is 0 Å². The van der Waals surface area contributed by atoms with E-state index < -0.39 is 0 Å². The molecule has 21 heavy (non-hydrogen) atoms. The van der Waals surface area contributed by atoms with E-state index in [-0.39, 0.29) is 5.82 Å². The lowest BCUT2D eigenvalue weighted by Gasteiger charge is -2.35. The second-order valence-electron chi connectivity index (χ2n) is 6.27. The summed E-state index contributed by atoms with van der Waals surface area (Å²) in [6.07, 6.45) is 5.15. The van der Waals surface area contributed by atoms with E-state index in [4.69, 9.17) is 4.74 Å². The molecule has 1 atom stereocenters. The largest absolute Gasteiger partial charge is 0.496 e. The smallest absolute Gasteiger partial charge is 0.123 e. The SMILES string of the molecule is COc1ccc(F)cc1CN1CCC(C2CCCN2)CC1. The molecule has 2 saturated heterocycles. The van der Waals surface area contributed by atoms with Crippen LogP contribution in [0.15, 0.2) is 18.2 Å². The number of hydrogen-bond acceptors (Lipinski definition) is 3. The van der Waals surface area contributed by atoms with Crippen LogP contribution in [0.3, 0.4) is 0 Å². The number of piperidine rings is 1. The average molecular weight is 292 g/mol. The van der Waals surface area contributed by atoms with Crippen molar-refractivity contribution in [2.45, 2.75) is 38.3 Å². The lowest BCUT2D eigenvalue weighted by molar-refractivity contribution is 0.156. The normalized spacial score (nSPS) is 24.4. The van der Waals surface area contributed by atoms with Crippen LogP contribution in [0.4, 0.5) is 4.39 Å². The van der Waals surface area contributed by atoms with E-state index in [1.807, 2.05) is 0 Å². The second kappa shape index (κ2) is 6.75. The van der Waals surface area contributed by atoms with Crippen molar-refractivity contribution in [2.75, 3.05) is 26.7 Å². The number of halogens is 1. The summed E-state index contributed by atoms with van der Waals surface area (Å²) in [6.45, 7) is 4.17. The molecule has 3 nitrogen and oxygen atoms in total. The molecule has 0 radical (unpaired) electrons. The summed E-state index contributed by atoms with van der Waals surface area (Å²) >= 11 is 0. The summed E-state index contributed by atoms with van der Waals surface area (Å²) in [4.78, 5) is 2.42. The van der Waals surface area contributed by atoms with E-state index in [1.165, 1.54) is 38.3 Å². The Hall–Kier alpha value is -1.13. The highest BCUT2D eigenvalue weighted by Gasteiger charge is 2.28. The molecule has 1 unspecified atom stereocenters. The Morgan fingerprint density at radius 2 is 2.10 bits per heavy atom. The second-order valence-corrected chi connectivity index (χ2v) is 6.27. The van der Waals surface area contributed by atoms with Crippen LogP contribution < -0.4 is 10.1 Å². The predicted octanol–water partition coefficient (Wildman–Crippen LogP) is 2.80. The molecule has 116 valence electrons. The molecular weight excluding hydrogens is 267 g/mol. The van der Waals surface area contributed by atoms with E-state index in [2.05, 4.69) is 10.2 Å². The predicted molar refractivity (Wildman–Crippen MR) is 82.0 cm³/mol. The minimum Gasteiger partial charge on any atom is -0.496 e. The quantitative estimate of drug-likeness (QED) is 0.923. The van der Waals surface area contributed by atoms with Crippen LogP contribution in [-0.4, -0.2) is 37.7 Å². The number of methoxy groups -OCH3 is 1. The van der Waals surface area contributed by atoms with Crippen molar-refractivity contribution >= 4 is 0 Å². The molecule has 1 aromatic carbocycles. The zero-order valence-electron chi connectivity index (χ0n) is 12.8. The standard InChI is InChI=1S/C17H25FN2O/c1-21-17-5-4-15(18)11-14(17)12-20-9-6-13(7-10-20)16-3-2-8-19-16/h4-5,11,13,16,19H,2-3,6-10,12H2,1H3. The van der Waals surface area contributed by atoms with Crippen molar-refractivity contribution in [1.82, 2.24) is 10.2 Å². The van der Waals surface area contributed by atoms with Crippen molar-refractivity contribution in [3.05, 3.63) is 29.6 Å². The third-order valence-electron chi connectivity index (χ3n) is 4.94. The van der Waals surface area contributed by atoms with E-state index in [0.29, 0.717) is 0 Å². The van der Waals surface area contributed by atoms with Crippen molar-refractivity contribution < 1.29 is 9.13 Å². The third-order valence-corrected chi connectivity index (χ3v) is 4.94. The lowest BCUT2D eigenvalue weighted by atomic mass is 9.88. The highest BCUT2D eigenvalue weighted by molar-refractivity contribution is 5.33. The number of nitrogens with one attached hydrogen (secondary N) is 1. The monoisotopic (exact) mass is 292 g/mol. The molecule has 0 amide bonds. The summed E-state index contributed by atoms with van der Waals surface area (Å²) in [7, 11) is 1.65. The summed E-state index contributed by atoms with van der Waals surface area (Å²) in [5.41, 5.74) is 0.954. The molecule has 2 aliphatic rings. The van der Waals surface area contributed by atoms with Crippen LogP contribution >= 0.6 is 0 Å². The molecule has 2 fully saturated rings. The Bertz CT molecular complexity index is 466. The molecule has 0 aliphatic carbocycles. The highest BCUT2D eigenvalue weighted by atomic mass is 19.1. The number of hydrogen-bond donors (Lipinski definition) is 1.